The van der Waals surface area contributed by atoms with Crippen LogP contribution < -0.4 is 5.32 Å². The largest absolute Gasteiger partial charge is 0.326 e. The van der Waals surface area contributed by atoms with Crippen LogP contribution in [0.4, 0.5) is 5.69 Å². The van der Waals surface area contributed by atoms with Crippen molar-refractivity contribution in [2.24, 2.45) is 5.92 Å². The predicted molar refractivity (Wildman–Crippen MR) is 78.0 cm³/mol. The molecular weight excluding hydrogens is 316 g/mol. The number of halogens is 2. The van der Waals surface area contributed by atoms with Crippen LogP contribution in [-0.2, 0) is 4.79 Å². The minimum Gasteiger partial charge on any atom is -0.326 e. The summed E-state index contributed by atoms with van der Waals surface area (Å²) in [5.74, 6) is 0.158. The summed E-state index contributed by atoms with van der Waals surface area (Å²) in [4.78, 5) is 14.3. The van der Waals surface area contributed by atoms with Crippen molar-refractivity contribution in [3.05, 3.63) is 27.7 Å². The topological polar surface area (TPSA) is 32.3 Å². The second kappa shape index (κ2) is 6.04. The van der Waals surface area contributed by atoms with Crippen LogP contribution in [0.5, 0.6) is 0 Å². The Balaban J connectivity index is 2.00. The van der Waals surface area contributed by atoms with Crippen LogP contribution in [0.1, 0.15) is 12.8 Å². The third-order valence-electron chi connectivity index (χ3n) is 3.18. The number of hydrogen-bond donors (Lipinski definition) is 1. The van der Waals surface area contributed by atoms with E-state index in [1.54, 1.807) is 6.07 Å². The highest BCUT2D eigenvalue weighted by Crippen LogP contribution is 2.26. The number of rotatable bonds is 2. The molecule has 1 fully saturated rings. The molecule has 1 amide bonds. The van der Waals surface area contributed by atoms with E-state index in [-0.39, 0.29) is 11.8 Å². The SMILES string of the molecule is CN1CCC[C@H](C(=O)Nc2ccc(Br)c(Cl)c2)C1. The molecule has 98 valence electrons. The van der Waals surface area contributed by atoms with Crippen LogP contribution >= 0.6 is 27.5 Å². The van der Waals surface area contributed by atoms with Crippen molar-refractivity contribution >= 4 is 39.1 Å². The van der Waals surface area contributed by atoms with Crippen molar-refractivity contribution in [2.45, 2.75) is 12.8 Å². The van der Waals surface area contributed by atoms with E-state index in [2.05, 4.69) is 33.2 Å². The molecule has 1 N–H and O–H groups in total. The zero-order chi connectivity index (χ0) is 13.1. The smallest absolute Gasteiger partial charge is 0.228 e. The number of carbonyl (C=O) groups excluding carboxylic acids is 1. The van der Waals surface area contributed by atoms with Gasteiger partial charge in [-0.05, 0) is 60.6 Å². The van der Waals surface area contributed by atoms with E-state index in [9.17, 15) is 4.79 Å². The number of likely N-dealkylation sites (tertiary alicyclic amines) is 1. The molecule has 1 aromatic rings. The number of amides is 1. The summed E-state index contributed by atoms with van der Waals surface area (Å²) in [5.41, 5.74) is 0.751. The van der Waals surface area contributed by atoms with Gasteiger partial charge in [0.05, 0.1) is 10.9 Å². The van der Waals surface area contributed by atoms with Gasteiger partial charge < -0.3 is 10.2 Å². The third kappa shape index (κ3) is 3.46. The number of hydrogen-bond acceptors (Lipinski definition) is 2. The highest BCUT2D eigenvalue weighted by atomic mass is 79.9. The van der Waals surface area contributed by atoms with Crippen LogP contribution in [0, 0.1) is 5.92 Å². The molecule has 1 aliphatic rings. The minimum absolute atomic E-state index is 0.0752. The average molecular weight is 332 g/mol. The maximum atomic E-state index is 12.1. The van der Waals surface area contributed by atoms with Gasteiger partial charge in [-0.1, -0.05) is 11.6 Å². The second-order valence-electron chi connectivity index (χ2n) is 4.72. The van der Waals surface area contributed by atoms with Crippen molar-refractivity contribution in [3.8, 4) is 0 Å². The van der Waals surface area contributed by atoms with E-state index in [0.29, 0.717) is 5.02 Å². The Kier molecular flexibility index (Phi) is 4.65. The molecular formula is C13H16BrClN2O. The molecule has 1 aliphatic heterocycles. The van der Waals surface area contributed by atoms with Crippen molar-refractivity contribution < 1.29 is 4.79 Å². The molecule has 0 aliphatic carbocycles. The molecule has 0 saturated carbocycles. The maximum Gasteiger partial charge on any atom is 0.228 e. The lowest BCUT2D eigenvalue weighted by Gasteiger charge is -2.28. The van der Waals surface area contributed by atoms with Crippen LogP contribution in [0.15, 0.2) is 22.7 Å². The van der Waals surface area contributed by atoms with E-state index >= 15 is 0 Å². The minimum atomic E-state index is 0.0752. The first-order valence-electron chi connectivity index (χ1n) is 6.00. The van der Waals surface area contributed by atoms with Crippen molar-refractivity contribution in [1.29, 1.82) is 0 Å². The van der Waals surface area contributed by atoms with Crippen molar-refractivity contribution in [1.82, 2.24) is 4.90 Å². The fourth-order valence-corrected chi connectivity index (χ4v) is 2.63. The first kappa shape index (κ1) is 13.8. The fourth-order valence-electron chi connectivity index (χ4n) is 2.20. The third-order valence-corrected chi connectivity index (χ3v) is 4.41. The first-order valence-corrected chi connectivity index (χ1v) is 7.18. The normalized spacial score (nSPS) is 20.7. The van der Waals surface area contributed by atoms with Gasteiger partial charge in [0.25, 0.3) is 0 Å². The van der Waals surface area contributed by atoms with Gasteiger partial charge in [-0.2, -0.15) is 0 Å². The molecule has 0 spiro atoms. The number of piperidine rings is 1. The Bertz CT molecular complexity index is 453. The van der Waals surface area contributed by atoms with Gasteiger partial charge in [-0.25, -0.2) is 0 Å². The highest BCUT2D eigenvalue weighted by molar-refractivity contribution is 9.10. The quantitative estimate of drug-likeness (QED) is 0.901. The molecule has 18 heavy (non-hydrogen) atoms. The van der Waals surface area contributed by atoms with E-state index in [1.165, 1.54) is 0 Å². The summed E-state index contributed by atoms with van der Waals surface area (Å²) < 4.78 is 0.833. The number of nitrogens with one attached hydrogen (secondary N) is 1. The van der Waals surface area contributed by atoms with Crippen LogP contribution in [-0.4, -0.2) is 30.9 Å². The summed E-state index contributed by atoms with van der Waals surface area (Å²) in [6.45, 7) is 1.91. The summed E-state index contributed by atoms with van der Waals surface area (Å²) >= 11 is 9.33. The summed E-state index contributed by atoms with van der Waals surface area (Å²) in [5, 5.41) is 3.53. The molecule has 0 bridgehead atoms. The maximum absolute atomic E-state index is 12.1. The van der Waals surface area contributed by atoms with Gasteiger partial charge in [-0.3, -0.25) is 4.79 Å². The molecule has 1 saturated heterocycles. The van der Waals surface area contributed by atoms with Gasteiger partial charge in [0.15, 0.2) is 0 Å². The lowest BCUT2D eigenvalue weighted by atomic mass is 9.97. The average Bonchev–Trinajstić information content (AvgIpc) is 2.34. The summed E-state index contributed by atoms with van der Waals surface area (Å²) in [7, 11) is 2.05. The number of anilines is 1. The van der Waals surface area contributed by atoms with Gasteiger partial charge in [-0.15, -0.1) is 0 Å². The molecule has 1 aromatic carbocycles. The lowest BCUT2D eigenvalue weighted by molar-refractivity contribution is -0.121. The number of benzene rings is 1. The Morgan fingerprint density at radius 1 is 1.56 bits per heavy atom. The molecule has 2 rings (SSSR count). The Morgan fingerprint density at radius 2 is 2.33 bits per heavy atom. The fraction of sp³-hybridized carbons (Fsp3) is 0.462. The first-order chi connectivity index (χ1) is 8.56. The van der Waals surface area contributed by atoms with Crippen LogP contribution in [0.25, 0.3) is 0 Å². The summed E-state index contributed by atoms with van der Waals surface area (Å²) in [6.07, 6.45) is 2.04. The van der Waals surface area contributed by atoms with Crippen LogP contribution in [0.3, 0.4) is 0 Å². The van der Waals surface area contributed by atoms with Gasteiger partial charge in [0.2, 0.25) is 5.91 Å². The Morgan fingerprint density at radius 3 is 3.00 bits per heavy atom. The van der Waals surface area contributed by atoms with Crippen LogP contribution in [0.2, 0.25) is 5.02 Å². The molecule has 3 nitrogen and oxygen atoms in total. The number of carbonyl (C=O) groups is 1. The zero-order valence-electron chi connectivity index (χ0n) is 10.2. The van der Waals surface area contributed by atoms with Gasteiger partial charge >= 0.3 is 0 Å². The van der Waals surface area contributed by atoms with E-state index in [1.807, 2.05) is 12.1 Å². The second-order valence-corrected chi connectivity index (χ2v) is 5.98. The molecule has 0 radical (unpaired) electrons. The standard InChI is InChI=1S/C13H16BrClN2O/c1-17-6-2-3-9(8-17)13(18)16-10-4-5-11(14)12(15)7-10/h4-5,7,9H,2-3,6,8H2,1H3,(H,16,18)/t9-/m0/s1. The van der Waals surface area contributed by atoms with E-state index < -0.39 is 0 Å². The number of nitrogens with zero attached hydrogens (tertiary/aromatic N) is 1. The monoisotopic (exact) mass is 330 g/mol. The van der Waals surface area contributed by atoms with E-state index in [0.717, 1.165) is 36.1 Å². The van der Waals surface area contributed by atoms with E-state index in [4.69, 9.17) is 11.6 Å². The predicted octanol–water partition coefficient (Wildman–Crippen LogP) is 3.38. The van der Waals surface area contributed by atoms with Crippen molar-refractivity contribution in [2.75, 3.05) is 25.5 Å². The van der Waals surface area contributed by atoms with Gasteiger partial charge in [0, 0.05) is 16.7 Å². The summed E-state index contributed by atoms with van der Waals surface area (Å²) in [6, 6.07) is 5.45. The highest BCUT2D eigenvalue weighted by Gasteiger charge is 2.23. The molecule has 1 heterocycles. The van der Waals surface area contributed by atoms with Crippen molar-refractivity contribution in [3.63, 3.8) is 0 Å². The molecule has 0 unspecified atom stereocenters. The molecule has 0 aromatic heterocycles. The molecule has 1 atom stereocenters. The van der Waals surface area contributed by atoms with Gasteiger partial charge in [0.1, 0.15) is 0 Å². The molecule has 5 heteroatoms. The Labute approximate surface area is 121 Å². The zero-order valence-corrected chi connectivity index (χ0v) is 12.6. The Hall–Kier alpha value is -0.580. The lowest BCUT2D eigenvalue weighted by Crippen LogP contribution is -2.38.